The molecule has 0 bridgehead atoms. The molecule has 2 aromatic carbocycles. The van der Waals surface area contributed by atoms with Crippen LogP contribution in [0.5, 0.6) is 0 Å². The van der Waals surface area contributed by atoms with Crippen molar-refractivity contribution in [3.8, 4) is 0 Å². The van der Waals surface area contributed by atoms with Crippen LogP contribution in [0, 0.1) is 5.82 Å². The van der Waals surface area contributed by atoms with Gasteiger partial charge >= 0.3 is 0 Å². The summed E-state index contributed by atoms with van der Waals surface area (Å²) in [7, 11) is -4.16. The lowest BCUT2D eigenvalue weighted by Gasteiger charge is -2.25. The summed E-state index contributed by atoms with van der Waals surface area (Å²) >= 11 is 9.10. The number of sulfonamides is 1. The molecule has 1 heterocycles. The molecule has 0 N–H and O–H groups in total. The van der Waals surface area contributed by atoms with Crippen LogP contribution in [0.15, 0.2) is 76.4 Å². The standard InChI is InChI=1S/C18H13BrClFN2O2S/c19-14-3-8-17(21)18(10-14)26(24,25)23(12-13-2-1-9-22-11-13)16-6-4-15(20)5-7-16/h1-11H,12H2. The Morgan fingerprint density at radius 3 is 2.50 bits per heavy atom. The van der Waals surface area contributed by atoms with E-state index in [0.29, 0.717) is 20.7 Å². The van der Waals surface area contributed by atoms with E-state index in [-0.39, 0.29) is 6.54 Å². The second-order valence-electron chi connectivity index (χ2n) is 5.42. The second kappa shape index (κ2) is 7.73. The molecule has 26 heavy (non-hydrogen) atoms. The molecule has 0 atom stereocenters. The van der Waals surface area contributed by atoms with Crippen LogP contribution in [-0.4, -0.2) is 13.4 Å². The average Bonchev–Trinajstić information content (AvgIpc) is 2.63. The molecule has 0 aliphatic carbocycles. The Morgan fingerprint density at radius 1 is 1.12 bits per heavy atom. The third kappa shape index (κ3) is 4.06. The Morgan fingerprint density at radius 2 is 1.85 bits per heavy atom. The van der Waals surface area contributed by atoms with Gasteiger partial charge in [0.05, 0.1) is 12.2 Å². The monoisotopic (exact) mass is 454 g/mol. The van der Waals surface area contributed by atoms with Crippen molar-refractivity contribution in [2.45, 2.75) is 11.4 Å². The molecule has 0 saturated heterocycles. The van der Waals surface area contributed by atoms with E-state index in [2.05, 4.69) is 20.9 Å². The lowest BCUT2D eigenvalue weighted by atomic mass is 10.2. The molecule has 0 fully saturated rings. The minimum absolute atomic E-state index is 0.00373. The van der Waals surface area contributed by atoms with E-state index < -0.39 is 20.7 Å². The van der Waals surface area contributed by atoms with E-state index in [0.717, 1.165) is 10.4 Å². The maximum Gasteiger partial charge on any atom is 0.267 e. The normalized spacial score (nSPS) is 11.3. The molecule has 0 radical (unpaired) electrons. The van der Waals surface area contributed by atoms with Gasteiger partial charge in [-0.05, 0) is 54.1 Å². The number of aromatic nitrogens is 1. The summed E-state index contributed by atoms with van der Waals surface area (Å²) in [6, 6.07) is 13.6. The maximum atomic E-state index is 14.3. The largest absolute Gasteiger partial charge is 0.267 e. The first-order chi connectivity index (χ1) is 12.4. The highest BCUT2D eigenvalue weighted by molar-refractivity contribution is 9.10. The molecule has 8 heteroatoms. The number of benzene rings is 2. The fraction of sp³-hybridized carbons (Fsp3) is 0.0556. The number of pyridine rings is 1. The van der Waals surface area contributed by atoms with E-state index in [1.54, 1.807) is 48.8 Å². The number of anilines is 1. The zero-order valence-corrected chi connectivity index (χ0v) is 16.5. The van der Waals surface area contributed by atoms with Crippen molar-refractivity contribution < 1.29 is 12.8 Å². The first-order valence-electron chi connectivity index (χ1n) is 7.50. The number of hydrogen-bond acceptors (Lipinski definition) is 3. The third-order valence-corrected chi connectivity index (χ3v) is 6.16. The van der Waals surface area contributed by atoms with Gasteiger partial charge in [-0.2, -0.15) is 0 Å². The van der Waals surface area contributed by atoms with Gasteiger partial charge in [0.2, 0.25) is 0 Å². The van der Waals surface area contributed by atoms with Gasteiger partial charge in [-0.3, -0.25) is 9.29 Å². The molecule has 3 aromatic rings. The van der Waals surface area contributed by atoms with Gasteiger partial charge < -0.3 is 0 Å². The number of nitrogens with zero attached hydrogens (tertiary/aromatic N) is 2. The van der Waals surface area contributed by atoms with Crippen LogP contribution in [0.1, 0.15) is 5.56 Å². The van der Waals surface area contributed by atoms with Crippen molar-refractivity contribution in [3.05, 3.63) is 87.9 Å². The van der Waals surface area contributed by atoms with Crippen molar-refractivity contribution in [2.24, 2.45) is 0 Å². The van der Waals surface area contributed by atoms with E-state index in [1.807, 2.05) is 0 Å². The molecule has 0 amide bonds. The minimum atomic E-state index is -4.16. The lowest BCUT2D eigenvalue weighted by molar-refractivity contribution is 0.563. The van der Waals surface area contributed by atoms with Gasteiger partial charge in [-0.1, -0.05) is 33.6 Å². The van der Waals surface area contributed by atoms with Crippen LogP contribution in [0.3, 0.4) is 0 Å². The fourth-order valence-electron chi connectivity index (χ4n) is 2.37. The quantitative estimate of drug-likeness (QED) is 0.542. The molecule has 0 unspecified atom stereocenters. The van der Waals surface area contributed by atoms with Crippen LogP contribution in [-0.2, 0) is 16.6 Å². The van der Waals surface area contributed by atoms with Crippen LogP contribution in [0.2, 0.25) is 5.02 Å². The molecule has 4 nitrogen and oxygen atoms in total. The molecule has 0 saturated carbocycles. The molecule has 1 aromatic heterocycles. The first-order valence-corrected chi connectivity index (χ1v) is 10.1. The number of halogens is 3. The summed E-state index contributed by atoms with van der Waals surface area (Å²) in [6.45, 7) is 0.00373. The highest BCUT2D eigenvalue weighted by Gasteiger charge is 2.28. The van der Waals surface area contributed by atoms with Crippen molar-refractivity contribution in [3.63, 3.8) is 0 Å². The Bertz CT molecular complexity index is 1020. The zero-order chi connectivity index (χ0) is 18.7. The summed E-state index contributed by atoms with van der Waals surface area (Å²) < 4.78 is 42.3. The van der Waals surface area contributed by atoms with Crippen LogP contribution >= 0.6 is 27.5 Å². The van der Waals surface area contributed by atoms with Gasteiger partial charge in [0.15, 0.2) is 0 Å². The SMILES string of the molecule is O=S(=O)(c1cc(Br)ccc1F)N(Cc1cccnc1)c1ccc(Cl)cc1. The summed E-state index contributed by atoms with van der Waals surface area (Å²) in [5.41, 5.74) is 1.04. The molecule has 0 aliphatic heterocycles. The lowest BCUT2D eigenvalue weighted by Crippen LogP contribution is -2.31. The van der Waals surface area contributed by atoms with Crippen LogP contribution in [0.4, 0.5) is 10.1 Å². The second-order valence-corrected chi connectivity index (χ2v) is 8.61. The topological polar surface area (TPSA) is 50.3 Å². The summed E-state index contributed by atoms with van der Waals surface area (Å²) in [4.78, 5) is 3.60. The average molecular weight is 456 g/mol. The van der Waals surface area contributed by atoms with Gasteiger partial charge in [0.25, 0.3) is 10.0 Å². The summed E-state index contributed by atoms with van der Waals surface area (Å²) in [5, 5.41) is 0.473. The van der Waals surface area contributed by atoms with Crippen LogP contribution < -0.4 is 4.31 Å². The molecule has 0 aliphatic rings. The van der Waals surface area contributed by atoms with Gasteiger partial charge in [0, 0.05) is 21.9 Å². The first kappa shape index (κ1) is 18.8. The fourth-order valence-corrected chi connectivity index (χ4v) is 4.56. The van der Waals surface area contributed by atoms with E-state index in [4.69, 9.17) is 11.6 Å². The van der Waals surface area contributed by atoms with Gasteiger partial charge in [0.1, 0.15) is 10.7 Å². The minimum Gasteiger partial charge on any atom is -0.264 e. The third-order valence-electron chi connectivity index (χ3n) is 3.62. The highest BCUT2D eigenvalue weighted by Crippen LogP contribution is 2.29. The highest BCUT2D eigenvalue weighted by atomic mass is 79.9. The molecular weight excluding hydrogens is 443 g/mol. The zero-order valence-electron chi connectivity index (χ0n) is 13.3. The van der Waals surface area contributed by atoms with Gasteiger partial charge in [-0.15, -0.1) is 0 Å². The van der Waals surface area contributed by atoms with Crippen molar-refractivity contribution in [2.75, 3.05) is 4.31 Å². The Labute approximate surface area is 164 Å². The predicted octanol–water partition coefficient (Wildman–Crippen LogP) is 5.03. The van der Waals surface area contributed by atoms with Crippen molar-refractivity contribution in [1.29, 1.82) is 0 Å². The van der Waals surface area contributed by atoms with Crippen molar-refractivity contribution >= 4 is 43.2 Å². The van der Waals surface area contributed by atoms with E-state index in [1.165, 1.54) is 12.1 Å². The molecule has 3 rings (SSSR count). The maximum absolute atomic E-state index is 14.3. The summed E-state index contributed by atoms with van der Waals surface area (Å²) in [5.74, 6) is -0.821. The van der Waals surface area contributed by atoms with E-state index in [9.17, 15) is 12.8 Å². The van der Waals surface area contributed by atoms with Gasteiger partial charge in [-0.25, -0.2) is 12.8 Å². The Balaban J connectivity index is 2.12. The number of rotatable bonds is 5. The van der Waals surface area contributed by atoms with Crippen molar-refractivity contribution in [1.82, 2.24) is 4.98 Å². The Hall–Kier alpha value is -1.96. The van der Waals surface area contributed by atoms with Crippen LogP contribution in [0.25, 0.3) is 0 Å². The Kier molecular flexibility index (Phi) is 5.60. The summed E-state index contributed by atoms with van der Waals surface area (Å²) in [6.07, 6.45) is 3.16. The molecular formula is C18H13BrClFN2O2S. The number of hydrogen-bond donors (Lipinski definition) is 0. The predicted molar refractivity (Wildman–Crippen MR) is 103 cm³/mol. The van der Waals surface area contributed by atoms with E-state index >= 15 is 0 Å². The smallest absolute Gasteiger partial charge is 0.264 e. The molecule has 0 spiro atoms. The molecule has 134 valence electrons.